The van der Waals surface area contributed by atoms with Crippen LogP contribution in [0, 0.1) is 5.92 Å². The Kier molecular flexibility index (Phi) is 11.6. The number of phenolic OH excluding ortho intramolecular Hbond substituents is 1. The number of morpholine rings is 1. The molecule has 4 amide bonds. The molecule has 3 aromatic heterocycles. The number of carbonyl (C=O) groups excluding carboxylic acids is 3. The third-order valence-corrected chi connectivity index (χ3v) is 13.6. The highest BCUT2D eigenvalue weighted by molar-refractivity contribution is 6.06. The number of nitrogen functional groups attached to an aromatic ring is 1. The molecule has 0 radical (unpaired) electrons. The van der Waals surface area contributed by atoms with E-state index in [1.807, 2.05) is 41.3 Å². The van der Waals surface area contributed by atoms with Gasteiger partial charge in [0, 0.05) is 81.0 Å². The van der Waals surface area contributed by atoms with Crippen LogP contribution in [-0.2, 0) is 16.0 Å². The lowest BCUT2D eigenvalue weighted by molar-refractivity contribution is -0.120. The van der Waals surface area contributed by atoms with Gasteiger partial charge in [0.05, 0.1) is 35.4 Å². The van der Waals surface area contributed by atoms with Crippen LogP contribution in [0.2, 0.25) is 0 Å². The molecule has 1 saturated carbocycles. The number of phenols is 1. The van der Waals surface area contributed by atoms with E-state index in [2.05, 4.69) is 62.9 Å². The van der Waals surface area contributed by atoms with Crippen molar-refractivity contribution in [3.63, 3.8) is 0 Å². The van der Waals surface area contributed by atoms with E-state index in [1.54, 1.807) is 29.3 Å². The van der Waals surface area contributed by atoms with Crippen molar-refractivity contribution in [2.75, 3.05) is 61.3 Å². The normalized spacial score (nSPS) is 23.8. The van der Waals surface area contributed by atoms with Gasteiger partial charge in [-0.25, -0.2) is 9.78 Å². The number of aromatic nitrogens is 4. The second-order valence-electron chi connectivity index (χ2n) is 17.4. The van der Waals surface area contributed by atoms with Crippen LogP contribution >= 0.6 is 0 Å². The molecular formula is C47H56N10O5. The number of amides is 4. The minimum atomic E-state index is -0.393. The fourth-order valence-electron chi connectivity index (χ4n) is 9.79. The second-order valence-corrected chi connectivity index (χ2v) is 17.4. The first-order valence-corrected chi connectivity index (χ1v) is 22.1. The van der Waals surface area contributed by atoms with E-state index in [0.717, 1.165) is 79.7 Å². The number of hydrogen-bond donors (Lipinski definition) is 3. The first-order valence-electron chi connectivity index (χ1n) is 22.1. The maximum atomic E-state index is 13.7. The molecule has 324 valence electrons. The van der Waals surface area contributed by atoms with Crippen LogP contribution in [0.1, 0.15) is 86.5 Å². The summed E-state index contributed by atoms with van der Waals surface area (Å²) in [5, 5.41) is 22.5. The Balaban J connectivity index is 0.774. The van der Waals surface area contributed by atoms with Crippen LogP contribution in [0.25, 0.3) is 22.3 Å². The van der Waals surface area contributed by atoms with E-state index in [0.29, 0.717) is 60.8 Å². The zero-order valence-electron chi connectivity index (χ0n) is 35.7. The quantitative estimate of drug-likeness (QED) is 0.151. The molecule has 4 N–H and O–H groups in total. The number of pyridine rings is 1. The van der Waals surface area contributed by atoms with Crippen LogP contribution in [0.3, 0.4) is 0 Å². The van der Waals surface area contributed by atoms with Gasteiger partial charge in [0.25, 0.3) is 5.91 Å². The number of carbonyl (C=O) groups is 3. The molecule has 0 spiro atoms. The number of imide groups is 1. The van der Waals surface area contributed by atoms with Gasteiger partial charge in [-0.1, -0.05) is 31.2 Å². The first-order chi connectivity index (χ1) is 30.0. The van der Waals surface area contributed by atoms with Crippen LogP contribution in [0.15, 0.2) is 73.1 Å². The number of benzene rings is 2. The number of hydrogen-bond acceptors (Lipinski definition) is 11. The van der Waals surface area contributed by atoms with Gasteiger partial charge >= 0.3 is 6.03 Å². The van der Waals surface area contributed by atoms with Crippen LogP contribution in [-0.4, -0.2) is 110 Å². The summed E-state index contributed by atoms with van der Waals surface area (Å²) in [6.07, 6.45) is 9.25. The molecule has 15 nitrogen and oxygen atoms in total. The highest BCUT2D eigenvalue weighted by Crippen LogP contribution is 2.39. The maximum Gasteiger partial charge on any atom is 0.328 e. The number of nitrogens with two attached hydrogens (primary N) is 1. The molecule has 4 fully saturated rings. The number of aromatic hydroxyl groups is 1. The van der Waals surface area contributed by atoms with E-state index in [-0.39, 0.29) is 42.2 Å². The van der Waals surface area contributed by atoms with Gasteiger partial charge in [0.1, 0.15) is 17.5 Å². The van der Waals surface area contributed by atoms with Crippen molar-refractivity contribution < 1.29 is 24.2 Å². The third kappa shape index (κ3) is 8.18. The van der Waals surface area contributed by atoms with Gasteiger partial charge in [-0.2, -0.15) is 0 Å². The summed E-state index contributed by atoms with van der Waals surface area (Å²) >= 11 is 0. The number of para-hydroxylation sites is 1. The van der Waals surface area contributed by atoms with Crippen molar-refractivity contribution >= 4 is 46.1 Å². The van der Waals surface area contributed by atoms with Gasteiger partial charge in [-0.05, 0) is 99.4 Å². The lowest BCUT2D eigenvalue weighted by atomic mass is 9.85. The first kappa shape index (κ1) is 41.3. The highest BCUT2D eigenvalue weighted by Gasteiger charge is 2.35. The van der Waals surface area contributed by atoms with Gasteiger partial charge < -0.3 is 29.9 Å². The van der Waals surface area contributed by atoms with Crippen molar-refractivity contribution in [1.29, 1.82) is 0 Å². The molecule has 15 heteroatoms. The van der Waals surface area contributed by atoms with Crippen molar-refractivity contribution in [1.82, 2.24) is 34.9 Å². The van der Waals surface area contributed by atoms with Crippen LogP contribution in [0.5, 0.6) is 5.75 Å². The summed E-state index contributed by atoms with van der Waals surface area (Å²) in [5.74, 6) is 0.862. The van der Waals surface area contributed by atoms with Crippen molar-refractivity contribution in [3.05, 3.63) is 89.7 Å². The molecule has 0 bridgehead atoms. The number of aryl methyl sites for hydroxylation is 1. The van der Waals surface area contributed by atoms with Gasteiger partial charge in [0.2, 0.25) is 5.91 Å². The Morgan fingerprint density at radius 3 is 2.44 bits per heavy atom. The average Bonchev–Trinajstić information content (AvgIpc) is 3.66. The number of piperazine rings is 1. The van der Waals surface area contributed by atoms with Crippen LogP contribution < -0.4 is 20.9 Å². The lowest BCUT2D eigenvalue weighted by Gasteiger charge is -2.43. The van der Waals surface area contributed by atoms with E-state index in [4.69, 9.17) is 15.5 Å². The molecule has 9 rings (SSSR count). The number of nitrogens with zero attached hydrogens (tertiary/aromatic N) is 8. The predicted molar refractivity (Wildman–Crippen MR) is 238 cm³/mol. The topological polar surface area (TPSA) is 175 Å². The molecule has 6 heterocycles. The predicted octanol–water partition coefficient (Wildman–Crippen LogP) is 6.33. The van der Waals surface area contributed by atoms with Gasteiger partial charge in [0.15, 0.2) is 5.82 Å². The number of fused-ring (bicyclic) bond motifs is 1. The standard InChI is InChI=1S/C47H56N10O5/c1-4-32-27-57(45-38(32)23-36(25-49-45)55-18-17-43(59)50-47(55)61)35-15-9-31(10-16-35)26-53-19-21-54(22-20-53)46(60)34-13-11-33(12-14-34)42-28-56(29(2)30(3)62-42)40-24-39(51-52-44(40)48)37-7-5-6-8-41(37)58/h5-8,11-14,23-25,27,29-31,35,42,58H,4,9-10,15-22,26,28H2,1-3H3,(H2,48,52)(H,50,59,61)/t29-,30+,31?,35?,42+/m1/s1. The smallest absolute Gasteiger partial charge is 0.328 e. The second kappa shape index (κ2) is 17.4. The summed E-state index contributed by atoms with van der Waals surface area (Å²) in [7, 11) is 0. The minimum Gasteiger partial charge on any atom is -0.507 e. The van der Waals surface area contributed by atoms with Crippen molar-refractivity contribution in [3.8, 4) is 17.0 Å². The van der Waals surface area contributed by atoms with Crippen LogP contribution in [0.4, 0.5) is 22.0 Å². The summed E-state index contributed by atoms with van der Waals surface area (Å²) in [6.45, 7) is 11.4. The number of rotatable bonds is 9. The number of anilines is 3. The Morgan fingerprint density at radius 2 is 1.71 bits per heavy atom. The Bertz CT molecular complexity index is 2460. The van der Waals surface area contributed by atoms with E-state index in [1.165, 1.54) is 5.56 Å². The largest absolute Gasteiger partial charge is 0.507 e. The summed E-state index contributed by atoms with van der Waals surface area (Å²) < 4.78 is 8.85. The molecule has 62 heavy (non-hydrogen) atoms. The summed E-state index contributed by atoms with van der Waals surface area (Å²) in [6, 6.07) is 18.8. The summed E-state index contributed by atoms with van der Waals surface area (Å²) in [5.41, 5.74) is 12.8. The Hall–Kier alpha value is -6.06. The fourth-order valence-corrected chi connectivity index (χ4v) is 9.79. The zero-order valence-corrected chi connectivity index (χ0v) is 35.7. The molecule has 3 saturated heterocycles. The van der Waals surface area contributed by atoms with E-state index < -0.39 is 6.03 Å². The molecule has 4 aliphatic rings. The number of nitrogens with one attached hydrogen (secondary N) is 1. The monoisotopic (exact) mass is 840 g/mol. The Labute approximate surface area is 361 Å². The highest BCUT2D eigenvalue weighted by atomic mass is 16.5. The zero-order chi connectivity index (χ0) is 43.1. The third-order valence-electron chi connectivity index (χ3n) is 13.6. The van der Waals surface area contributed by atoms with E-state index in [9.17, 15) is 19.5 Å². The molecular weight excluding hydrogens is 785 g/mol. The number of ether oxygens (including phenoxy) is 1. The number of urea groups is 1. The van der Waals surface area contributed by atoms with Crippen molar-refractivity contribution in [2.45, 2.75) is 83.6 Å². The molecule has 5 aromatic rings. The molecule has 2 aromatic carbocycles. The average molecular weight is 841 g/mol. The molecule has 1 aliphatic carbocycles. The lowest BCUT2D eigenvalue weighted by Crippen LogP contribution is -2.50. The summed E-state index contributed by atoms with van der Waals surface area (Å²) in [4.78, 5) is 51.1. The minimum absolute atomic E-state index is 0.00534. The molecule has 3 atom stereocenters. The molecule has 3 aliphatic heterocycles. The SMILES string of the molecule is CCc1cn(C2CCC(CN3CCN(C(=O)c4ccc([C@@H]5CN(c6cc(-c7ccccc7O)nnc6N)[C@H](C)[C@H](C)O5)cc4)CC3)CC2)c2ncc(N3CCC(=O)NC3=O)cc12. The van der Waals surface area contributed by atoms with E-state index >= 15 is 0 Å². The Morgan fingerprint density at radius 1 is 0.952 bits per heavy atom. The van der Waals surface area contributed by atoms with Gasteiger partial charge in [-0.3, -0.25) is 24.7 Å². The fraction of sp³-hybridized carbons (Fsp3) is 0.447. The van der Waals surface area contributed by atoms with Crippen molar-refractivity contribution in [2.24, 2.45) is 5.92 Å². The maximum absolute atomic E-state index is 13.7. The molecule has 0 unspecified atom stereocenters. The van der Waals surface area contributed by atoms with Gasteiger partial charge in [-0.15, -0.1) is 10.2 Å².